The lowest BCUT2D eigenvalue weighted by Crippen LogP contribution is -2.26. The summed E-state index contributed by atoms with van der Waals surface area (Å²) in [5.74, 6) is 2.39. The first-order valence-electron chi connectivity index (χ1n) is 26.2. The largest absolute Gasteiger partial charge is 0.457 e. The van der Waals surface area contributed by atoms with Gasteiger partial charge in [-0.25, -0.2) is 4.98 Å². The van der Waals surface area contributed by atoms with Crippen LogP contribution in [-0.2, 0) is 16.2 Å². The maximum absolute atomic E-state index is 7.20. The standard InChI is InChI=1S/C70H62N4O/c1-68(2,3)54-36-37-71-67(44-54)74-63-35-32-50(48-22-12-8-13-23-48)40-62(63)61-34-33-59(46-66(61)74)75-60-43-56(70(6,7)53-28-18-11-19-29-53)42-58(45-60)73-47-72(64-30-20-21-31-65(64)73)57-39-51(49-24-14-9-15-25-49)38-55(41-57)69(4,5)52-26-16-10-17-27-52/h8-46H,47H2,1-7H3. The molecule has 1 aliphatic heterocycles. The summed E-state index contributed by atoms with van der Waals surface area (Å²) < 4.78 is 9.50. The van der Waals surface area contributed by atoms with Gasteiger partial charge in [-0.3, -0.25) is 4.57 Å². The molecule has 1 aliphatic rings. The van der Waals surface area contributed by atoms with Crippen molar-refractivity contribution in [2.45, 2.75) is 64.7 Å². The zero-order valence-corrected chi connectivity index (χ0v) is 43.9. The zero-order valence-electron chi connectivity index (χ0n) is 43.9. The lowest BCUT2D eigenvalue weighted by molar-refractivity contribution is 0.480. The van der Waals surface area contributed by atoms with Gasteiger partial charge in [0.15, 0.2) is 0 Å². The van der Waals surface area contributed by atoms with E-state index in [0.717, 1.165) is 67.4 Å². The molecule has 5 heteroatoms. The summed E-state index contributed by atoms with van der Waals surface area (Å²) in [5, 5.41) is 2.30. The number of ether oxygens (including phenoxy) is 1. The number of pyridine rings is 1. The number of aromatic nitrogens is 2. The molecule has 0 atom stereocenters. The number of para-hydroxylation sites is 2. The fraction of sp³-hybridized carbons (Fsp3) is 0.157. The predicted octanol–water partition coefficient (Wildman–Crippen LogP) is 18.5. The van der Waals surface area contributed by atoms with Crippen LogP contribution in [0.25, 0.3) is 49.9 Å². The van der Waals surface area contributed by atoms with Crippen LogP contribution < -0.4 is 14.5 Å². The summed E-state index contributed by atoms with van der Waals surface area (Å²) >= 11 is 0. The molecule has 3 heterocycles. The van der Waals surface area contributed by atoms with Crippen molar-refractivity contribution < 1.29 is 4.74 Å². The number of hydrogen-bond acceptors (Lipinski definition) is 4. The summed E-state index contributed by atoms with van der Waals surface area (Å²) in [5.41, 5.74) is 16.8. The molecule has 0 N–H and O–H groups in total. The molecule has 0 bridgehead atoms. The predicted molar refractivity (Wildman–Crippen MR) is 314 cm³/mol. The van der Waals surface area contributed by atoms with E-state index in [1.54, 1.807) is 0 Å². The van der Waals surface area contributed by atoms with Gasteiger partial charge < -0.3 is 14.5 Å². The first kappa shape index (κ1) is 47.3. The third-order valence-electron chi connectivity index (χ3n) is 15.6. The molecular weight excluding hydrogens is 913 g/mol. The molecule has 5 nitrogen and oxygen atoms in total. The summed E-state index contributed by atoms with van der Waals surface area (Å²) in [6.07, 6.45) is 1.94. The number of benzene rings is 9. The minimum absolute atomic E-state index is 0.0528. The van der Waals surface area contributed by atoms with Gasteiger partial charge in [-0.05, 0) is 128 Å². The Bertz CT molecular complexity index is 3870. The van der Waals surface area contributed by atoms with Gasteiger partial charge in [-0.2, -0.15) is 0 Å². The quantitative estimate of drug-likeness (QED) is 0.129. The fourth-order valence-electron chi connectivity index (χ4n) is 11.0. The Morgan fingerprint density at radius 2 is 0.920 bits per heavy atom. The molecule has 12 rings (SSSR count). The molecule has 2 aromatic heterocycles. The molecule has 0 fully saturated rings. The lowest BCUT2D eigenvalue weighted by Gasteiger charge is -2.30. The van der Waals surface area contributed by atoms with E-state index in [1.807, 2.05) is 6.20 Å². The van der Waals surface area contributed by atoms with E-state index >= 15 is 0 Å². The molecule has 0 saturated carbocycles. The fourth-order valence-corrected chi connectivity index (χ4v) is 11.0. The van der Waals surface area contributed by atoms with Crippen molar-refractivity contribution in [1.29, 1.82) is 0 Å². The third kappa shape index (κ3) is 8.82. The van der Waals surface area contributed by atoms with Gasteiger partial charge in [-0.15, -0.1) is 0 Å². The summed E-state index contributed by atoms with van der Waals surface area (Å²) in [4.78, 5) is 9.94. The van der Waals surface area contributed by atoms with Gasteiger partial charge in [0, 0.05) is 51.3 Å². The monoisotopic (exact) mass is 974 g/mol. The van der Waals surface area contributed by atoms with E-state index in [9.17, 15) is 0 Å². The maximum atomic E-state index is 7.20. The topological polar surface area (TPSA) is 33.5 Å². The van der Waals surface area contributed by atoms with Crippen molar-refractivity contribution >= 4 is 44.6 Å². The second kappa shape index (κ2) is 18.7. The highest BCUT2D eigenvalue weighted by Crippen LogP contribution is 2.49. The Labute approximate surface area is 442 Å². The van der Waals surface area contributed by atoms with Crippen LogP contribution in [0.4, 0.5) is 22.7 Å². The van der Waals surface area contributed by atoms with E-state index in [2.05, 4.69) is 293 Å². The van der Waals surface area contributed by atoms with E-state index in [-0.39, 0.29) is 16.2 Å². The molecule has 11 aromatic rings. The number of nitrogens with zero attached hydrogens (tertiary/aromatic N) is 4. The van der Waals surface area contributed by atoms with Crippen LogP contribution >= 0.6 is 0 Å². The first-order chi connectivity index (χ1) is 36.3. The Hall–Kier alpha value is -8.67. The Morgan fingerprint density at radius 3 is 1.52 bits per heavy atom. The second-order valence-electron chi connectivity index (χ2n) is 22.2. The van der Waals surface area contributed by atoms with E-state index in [4.69, 9.17) is 9.72 Å². The van der Waals surface area contributed by atoms with E-state index < -0.39 is 0 Å². The highest BCUT2D eigenvalue weighted by atomic mass is 16.5. The van der Waals surface area contributed by atoms with Crippen molar-refractivity contribution in [3.8, 4) is 39.6 Å². The Morgan fingerprint density at radius 1 is 0.373 bits per heavy atom. The molecule has 0 spiro atoms. The van der Waals surface area contributed by atoms with Gasteiger partial charge in [-0.1, -0.05) is 194 Å². The molecule has 368 valence electrons. The SMILES string of the molecule is CC(C)(C)c1ccnc(-n2c3ccc(-c4ccccc4)cc3c3ccc(Oc4cc(N5CN(c6cc(-c7ccccc7)cc(C(C)(C)c7ccccc7)c6)c6ccccc65)cc(C(C)(C)c5ccccc5)c4)cc32)c1. The van der Waals surface area contributed by atoms with Gasteiger partial charge in [0.1, 0.15) is 24.0 Å². The summed E-state index contributed by atoms with van der Waals surface area (Å²) in [6, 6.07) is 83.5. The average Bonchev–Trinajstić information content (AvgIpc) is 4.03. The van der Waals surface area contributed by atoms with Crippen molar-refractivity contribution in [3.05, 3.63) is 265 Å². The third-order valence-corrected chi connectivity index (χ3v) is 15.6. The van der Waals surface area contributed by atoms with E-state index in [0.29, 0.717) is 6.67 Å². The molecule has 0 aliphatic carbocycles. The minimum atomic E-state index is -0.354. The molecule has 0 unspecified atom stereocenters. The maximum Gasteiger partial charge on any atom is 0.137 e. The van der Waals surface area contributed by atoms with Crippen LogP contribution in [0.1, 0.15) is 76.3 Å². The highest BCUT2D eigenvalue weighted by Gasteiger charge is 2.33. The van der Waals surface area contributed by atoms with E-state index in [1.165, 1.54) is 44.5 Å². The zero-order chi connectivity index (χ0) is 51.5. The number of hydrogen-bond donors (Lipinski definition) is 0. The molecular formula is C70H62N4O. The Balaban J connectivity index is 0.989. The van der Waals surface area contributed by atoms with Crippen molar-refractivity contribution in [2.75, 3.05) is 16.5 Å². The molecule has 0 amide bonds. The van der Waals surface area contributed by atoms with Crippen molar-refractivity contribution in [3.63, 3.8) is 0 Å². The van der Waals surface area contributed by atoms with Gasteiger partial charge in [0.25, 0.3) is 0 Å². The second-order valence-corrected chi connectivity index (χ2v) is 22.2. The van der Waals surface area contributed by atoms with Crippen molar-refractivity contribution in [2.24, 2.45) is 0 Å². The molecule has 0 saturated heterocycles. The van der Waals surface area contributed by atoms with Gasteiger partial charge in [0.05, 0.1) is 22.4 Å². The number of fused-ring (bicyclic) bond motifs is 4. The highest BCUT2D eigenvalue weighted by molar-refractivity contribution is 6.10. The van der Waals surface area contributed by atoms with Gasteiger partial charge in [0.2, 0.25) is 0 Å². The van der Waals surface area contributed by atoms with Crippen LogP contribution in [0.15, 0.2) is 237 Å². The number of rotatable bonds is 11. The summed E-state index contributed by atoms with van der Waals surface area (Å²) in [7, 11) is 0. The molecule has 75 heavy (non-hydrogen) atoms. The van der Waals surface area contributed by atoms with Crippen LogP contribution in [0.3, 0.4) is 0 Å². The summed E-state index contributed by atoms with van der Waals surface area (Å²) in [6.45, 7) is 16.7. The normalized spacial score (nSPS) is 12.9. The first-order valence-corrected chi connectivity index (χ1v) is 26.2. The van der Waals surface area contributed by atoms with Crippen LogP contribution in [-0.4, -0.2) is 16.2 Å². The van der Waals surface area contributed by atoms with Crippen LogP contribution in [0, 0.1) is 0 Å². The lowest BCUT2D eigenvalue weighted by atomic mass is 9.77. The average molecular weight is 975 g/mol. The molecule has 0 radical (unpaired) electrons. The smallest absolute Gasteiger partial charge is 0.137 e. The molecule has 9 aromatic carbocycles. The van der Waals surface area contributed by atoms with Crippen molar-refractivity contribution in [1.82, 2.24) is 9.55 Å². The van der Waals surface area contributed by atoms with Crippen LogP contribution in [0.2, 0.25) is 0 Å². The number of anilines is 4. The van der Waals surface area contributed by atoms with Gasteiger partial charge >= 0.3 is 0 Å². The minimum Gasteiger partial charge on any atom is -0.457 e. The van der Waals surface area contributed by atoms with Crippen LogP contribution in [0.5, 0.6) is 11.5 Å². The Kier molecular flexibility index (Phi) is 11.8.